The van der Waals surface area contributed by atoms with E-state index in [0.717, 1.165) is 21.7 Å². The summed E-state index contributed by atoms with van der Waals surface area (Å²) in [6.45, 7) is 14.5. The first-order chi connectivity index (χ1) is 19.5. The monoisotopic (exact) mass is 603 g/mol. The number of amides is 3. The number of hydrogen-bond acceptors (Lipinski definition) is 9. The molecule has 42 heavy (non-hydrogen) atoms. The highest BCUT2D eigenvalue weighted by Gasteiger charge is 2.44. The lowest BCUT2D eigenvalue weighted by atomic mass is 9.85. The SMILES string of the molecule is Cc1ncsc1-c1ccc(CNC(=O)[C@@H]2C[C@@H](O)CN2C(=O)[C@@H](NC(O)[C@H](C)NC(=O)OC(C)(C)C)C(C)(C)C)cc1. The molecular weight excluding hydrogens is 558 g/mol. The number of aryl methyl sites for hydroxylation is 1. The molecule has 11 nitrogen and oxygen atoms in total. The Morgan fingerprint density at radius 2 is 1.79 bits per heavy atom. The molecule has 12 heteroatoms. The molecule has 5 N–H and O–H groups in total. The van der Waals surface area contributed by atoms with Crippen LogP contribution in [0.3, 0.4) is 0 Å². The Hall–Kier alpha value is -3.06. The van der Waals surface area contributed by atoms with Crippen molar-refractivity contribution in [1.29, 1.82) is 0 Å². The Labute approximate surface area is 252 Å². The third-order valence-corrected chi connectivity index (χ3v) is 7.94. The average Bonchev–Trinajstić information content (AvgIpc) is 3.49. The van der Waals surface area contributed by atoms with E-state index < -0.39 is 53.5 Å². The van der Waals surface area contributed by atoms with E-state index in [9.17, 15) is 24.6 Å². The van der Waals surface area contributed by atoms with Crippen LogP contribution in [0.1, 0.15) is 66.1 Å². The van der Waals surface area contributed by atoms with Gasteiger partial charge in [0.1, 0.15) is 17.9 Å². The number of carbonyl (C=O) groups excluding carboxylic acids is 3. The number of rotatable bonds is 9. The number of alkyl carbamates (subject to hydrolysis) is 1. The summed E-state index contributed by atoms with van der Waals surface area (Å²) < 4.78 is 5.26. The molecule has 0 radical (unpaired) electrons. The van der Waals surface area contributed by atoms with E-state index in [1.165, 1.54) is 4.90 Å². The highest BCUT2D eigenvalue weighted by molar-refractivity contribution is 7.13. The van der Waals surface area contributed by atoms with Crippen molar-refractivity contribution in [3.8, 4) is 10.4 Å². The van der Waals surface area contributed by atoms with Gasteiger partial charge in [0.15, 0.2) is 0 Å². The maximum Gasteiger partial charge on any atom is 0.408 e. The zero-order chi connectivity index (χ0) is 31.4. The number of nitrogens with one attached hydrogen (secondary N) is 3. The summed E-state index contributed by atoms with van der Waals surface area (Å²) in [5.41, 5.74) is 3.35. The quantitative estimate of drug-likeness (QED) is 0.274. The number of hydrogen-bond donors (Lipinski definition) is 5. The van der Waals surface area contributed by atoms with Crippen molar-refractivity contribution in [2.75, 3.05) is 6.54 Å². The van der Waals surface area contributed by atoms with Gasteiger partial charge >= 0.3 is 6.09 Å². The van der Waals surface area contributed by atoms with Crippen molar-refractivity contribution < 1.29 is 29.3 Å². The molecule has 0 bridgehead atoms. The molecule has 3 amide bonds. The van der Waals surface area contributed by atoms with Crippen LogP contribution in [0.4, 0.5) is 4.79 Å². The van der Waals surface area contributed by atoms with E-state index in [4.69, 9.17) is 4.74 Å². The van der Waals surface area contributed by atoms with Gasteiger partial charge in [-0.25, -0.2) is 9.78 Å². The van der Waals surface area contributed by atoms with Crippen molar-refractivity contribution >= 4 is 29.2 Å². The number of aliphatic hydroxyl groups is 2. The first kappa shape index (κ1) is 33.4. The van der Waals surface area contributed by atoms with Gasteiger partial charge in [-0.2, -0.15) is 0 Å². The Kier molecular flexibility index (Phi) is 10.7. The van der Waals surface area contributed by atoms with E-state index in [2.05, 4.69) is 20.9 Å². The number of ether oxygens (including phenoxy) is 1. The Bertz CT molecular complexity index is 1240. The summed E-state index contributed by atoms with van der Waals surface area (Å²) in [7, 11) is 0. The van der Waals surface area contributed by atoms with E-state index in [0.29, 0.717) is 0 Å². The molecule has 0 saturated carbocycles. The number of thiazole rings is 1. The van der Waals surface area contributed by atoms with Gasteiger partial charge in [-0.15, -0.1) is 11.3 Å². The van der Waals surface area contributed by atoms with Crippen LogP contribution in [0.2, 0.25) is 0 Å². The third-order valence-electron chi connectivity index (χ3n) is 6.96. The zero-order valence-corrected chi connectivity index (χ0v) is 26.5. The number of nitrogens with zero attached hydrogens (tertiary/aromatic N) is 2. The summed E-state index contributed by atoms with van der Waals surface area (Å²) in [5.74, 6) is -0.789. The lowest BCUT2D eigenvalue weighted by molar-refractivity contribution is -0.143. The predicted molar refractivity (Wildman–Crippen MR) is 161 cm³/mol. The number of aliphatic hydroxyl groups excluding tert-OH is 2. The largest absolute Gasteiger partial charge is 0.444 e. The lowest BCUT2D eigenvalue weighted by Gasteiger charge is -2.37. The Balaban J connectivity index is 1.65. The van der Waals surface area contributed by atoms with Crippen LogP contribution in [0.5, 0.6) is 0 Å². The first-order valence-electron chi connectivity index (χ1n) is 14.2. The maximum atomic E-state index is 13.8. The molecule has 0 aliphatic carbocycles. The average molecular weight is 604 g/mol. The molecule has 2 aromatic rings. The van der Waals surface area contributed by atoms with Crippen LogP contribution in [-0.2, 0) is 20.9 Å². The van der Waals surface area contributed by atoms with Crippen molar-refractivity contribution in [3.63, 3.8) is 0 Å². The first-order valence-corrected chi connectivity index (χ1v) is 15.0. The fraction of sp³-hybridized carbons (Fsp3) is 0.600. The minimum absolute atomic E-state index is 0.00408. The van der Waals surface area contributed by atoms with Crippen molar-refractivity contribution in [2.45, 2.75) is 104 Å². The molecule has 1 aromatic heterocycles. The van der Waals surface area contributed by atoms with Crippen molar-refractivity contribution in [3.05, 3.63) is 41.0 Å². The van der Waals surface area contributed by atoms with Gasteiger partial charge < -0.3 is 30.5 Å². The maximum absolute atomic E-state index is 13.8. The minimum atomic E-state index is -1.29. The zero-order valence-electron chi connectivity index (χ0n) is 25.7. The topological polar surface area (TPSA) is 153 Å². The second-order valence-corrected chi connectivity index (χ2v) is 13.8. The Morgan fingerprint density at radius 3 is 2.33 bits per heavy atom. The van der Waals surface area contributed by atoms with E-state index in [1.807, 2.05) is 57.5 Å². The molecule has 1 aliphatic heterocycles. The third kappa shape index (κ3) is 8.97. The van der Waals surface area contributed by atoms with Crippen LogP contribution in [0.15, 0.2) is 29.8 Å². The smallest absolute Gasteiger partial charge is 0.408 e. The van der Waals surface area contributed by atoms with E-state index in [1.54, 1.807) is 39.0 Å². The predicted octanol–water partition coefficient (Wildman–Crippen LogP) is 2.93. The molecular formula is C30H45N5O6S. The summed E-state index contributed by atoms with van der Waals surface area (Å²) in [6, 6.07) is 5.28. The highest BCUT2D eigenvalue weighted by atomic mass is 32.1. The van der Waals surface area contributed by atoms with E-state index in [-0.39, 0.29) is 25.4 Å². The molecule has 1 fully saturated rings. The normalized spacial score (nSPS) is 19.6. The Morgan fingerprint density at radius 1 is 1.14 bits per heavy atom. The fourth-order valence-corrected chi connectivity index (χ4v) is 5.52. The van der Waals surface area contributed by atoms with Crippen LogP contribution in [0.25, 0.3) is 10.4 Å². The van der Waals surface area contributed by atoms with Crippen LogP contribution in [-0.4, -0.2) is 80.6 Å². The standard InChI is InChI=1S/C30H45N5O6S/c1-17-23(42-16-32-17)20-11-9-19(10-12-20)14-31-26(38)22-13-21(36)15-35(22)27(39)24(29(3,4)5)34-25(37)18(2)33-28(40)41-30(6,7)8/h9-12,16,18,21-22,24-25,34,36-37H,13-15H2,1-8H3,(H,31,38)(H,33,40)/t18-,21+,22-,24+,25?/m0/s1. The van der Waals surface area contributed by atoms with E-state index >= 15 is 0 Å². The minimum Gasteiger partial charge on any atom is -0.444 e. The van der Waals surface area contributed by atoms with Crippen molar-refractivity contribution in [1.82, 2.24) is 25.8 Å². The number of aromatic nitrogens is 1. The summed E-state index contributed by atoms with van der Waals surface area (Å²) in [6.07, 6.45) is -2.73. The second kappa shape index (κ2) is 13.5. The summed E-state index contributed by atoms with van der Waals surface area (Å²) in [5, 5.41) is 29.7. The highest BCUT2D eigenvalue weighted by Crippen LogP contribution is 2.28. The van der Waals surface area contributed by atoms with Gasteiger partial charge in [-0.3, -0.25) is 14.9 Å². The van der Waals surface area contributed by atoms with Gasteiger partial charge in [0.05, 0.1) is 34.3 Å². The molecule has 232 valence electrons. The van der Waals surface area contributed by atoms with Crippen molar-refractivity contribution in [2.24, 2.45) is 5.41 Å². The second-order valence-electron chi connectivity index (χ2n) is 12.9. The molecule has 1 aromatic carbocycles. The van der Waals surface area contributed by atoms with Gasteiger partial charge in [0, 0.05) is 19.5 Å². The number of likely N-dealkylation sites (tertiary alicyclic amines) is 1. The number of carbonyl (C=O) groups is 3. The molecule has 1 aliphatic rings. The number of β-amino-alcohol motifs (C(OH)–C–C–N with tert-alkyl or cyclic N) is 1. The lowest BCUT2D eigenvalue weighted by Crippen LogP contribution is -2.61. The molecule has 1 unspecified atom stereocenters. The molecule has 3 rings (SSSR count). The van der Waals surface area contributed by atoms with Crippen LogP contribution in [0, 0.1) is 12.3 Å². The fourth-order valence-electron chi connectivity index (χ4n) is 4.71. The van der Waals surface area contributed by atoms with Crippen LogP contribution >= 0.6 is 11.3 Å². The van der Waals surface area contributed by atoms with Gasteiger partial charge in [0.25, 0.3) is 0 Å². The van der Waals surface area contributed by atoms with Gasteiger partial charge in [-0.1, -0.05) is 45.0 Å². The number of benzene rings is 1. The van der Waals surface area contributed by atoms with Gasteiger partial charge in [0.2, 0.25) is 11.8 Å². The molecule has 2 heterocycles. The van der Waals surface area contributed by atoms with Crippen LogP contribution < -0.4 is 16.0 Å². The van der Waals surface area contributed by atoms with Gasteiger partial charge in [-0.05, 0) is 51.2 Å². The molecule has 0 spiro atoms. The molecule has 5 atom stereocenters. The summed E-state index contributed by atoms with van der Waals surface area (Å²) in [4.78, 5) is 46.0. The summed E-state index contributed by atoms with van der Waals surface area (Å²) >= 11 is 1.57. The molecule has 1 saturated heterocycles.